The molecule has 0 radical (unpaired) electrons. The minimum absolute atomic E-state index is 0.0597. The standard InChI is InChI=1S/C17H23N5O3S/c1-12-5-4-8-18-16(12)20-17(23)14-6-9-22(10-7-14)26(24,25)15-11-21(3)13(2)19-15/h4-5,8,11,14H,6-7,9-10H2,1-3H3,(H,18,20,23). The van der Waals surface area contributed by atoms with Crippen molar-refractivity contribution in [2.24, 2.45) is 13.0 Å². The van der Waals surface area contributed by atoms with Crippen LogP contribution in [0.25, 0.3) is 0 Å². The number of carbonyl (C=O) groups excluding carboxylic acids is 1. The molecule has 0 bridgehead atoms. The van der Waals surface area contributed by atoms with Gasteiger partial charge in [0.1, 0.15) is 11.6 Å². The molecule has 0 unspecified atom stereocenters. The second kappa shape index (κ2) is 7.16. The van der Waals surface area contributed by atoms with Crippen LogP contribution >= 0.6 is 0 Å². The van der Waals surface area contributed by atoms with Crippen LogP contribution in [0.5, 0.6) is 0 Å². The Hall–Kier alpha value is -2.26. The molecule has 140 valence electrons. The van der Waals surface area contributed by atoms with Crippen LogP contribution in [-0.4, -0.2) is 46.3 Å². The number of piperidine rings is 1. The van der Waals surface area contributed by atoms with Gasteiger partial charge in [0, 0.05) is 38.4 Å². The van der Waals surface area contributed by atoms with Crippen molar-refractivity contribution in [1.29, 1.82) is 0 Å². The summed E-state index contributed by atoms with van der Waals surface area (Å²) in [7, 11) is -1.86. The first kappa shape index (κ1) is 18.5. The van der Waals surface area contributed by atoms with Crippen LogP contribution in [0.2, 0.25) is 0 Å². The lowest BCUT2D eigenvalue weighted by atomic mass is 9.97. The molecule has 3 rings (SSSR count). The molecule has 1 aliphatic heterocycles. The van der Waals surface area contributed by atoms with E-state index in [4.69, 9.17) is 0 Å². The summed E-state index contributed by atoms with van der Waals surface area (Å²) in [6.07, 6.45) is 4.10. The van der Waals surface area contributed by atoms with E-state index >= 15 is 0 Å². The van der Waals surface area contributed by atoms with E-state index in [1.165, 1.54) is 10.5 Å². The predicted octanol–water partition coefficient (Wildman–Crippen LogP) is 1.47. The first-order valence-electron chi connectivity index (χ1n) is 8.51. The van der Waals surface area contributed by atoms with Gasteiger partial charge in [-0.1, -0.05) is 6.07 Å². The van der Waals surface area contributed by atoms with E-state index < -0.39 is 10.0 Å². The molecule has 8 nitrogen and oxygen atoms in total. The van der Waals surface area contributed by atoms with Crippen LogP contribution in [0.1, 0.15) is 24.2 Å². The minimum Gasteiger partial charge on any atom is -0.337 e. The van der Waals surface area contributed by atoms with Gasteiger partial charge in [-0.25, -0.2) is 18.4 Å². The molecule has 3 heterocycles. The van der Waals surface area contributed by atoms with Crippen molar-refractivity contribution in [2.75, 3.05) is 18.4 Å². The maximum Gasteiger partial charge on any atom is 0.262 e. The third-order valence-electron chi connectivity index (χ3n) is 4.77. The average Bonchev–Trinajstić information content (AvgIpc) is 2.97. The zero-order chi connectivity index (χ0) is 18.9. The molecule has 0 aromatic carbocycles. The second-order valence-corrected chi connectivity index (χ2v) is 8.46. The van der Waals surface area contributed by atoms with Crippen molar-refractivity contribution in [1.82, 2.24) is 18.8 Å². The quantitative estimate of drug-likeness (QED) is 0.870. The van der Waals surface area contributed by atoms with E-state index in [-0.39, 0.29) is 16.9 Å². The number of imidazole rings is 1. The van der Waals surface area contributed by atoms with Gasteiger partial charge >= 0.3 is 0 Å². The van der Waals surface area contributed by atoms with Gasteiger partial charge in [-0.05, 0) is 38.3 Å². The van der Waals surface area contributed by atoms with Gasteiger partial charge < -0.3 is 9.88 Å². The number of anilines is 1. The predicted molar refractivity (Wildman–Crippen MR) is 97.0 cm³/mol. The molecule has 0 saturated carbocycles. The van der Waals surface area contributed by atoms with Crippen LogP contribution in [-0.2, 0) is 21.9 Å². The Bertz CT molecular complexity index is 895. The summed E-state index contributed by atoms with van der Waals surface area (Å²) in [5.74, 6) is 0.853. The summed E-state index contributed by atoms with van der Waals surface area (Å²) in [5, 5.41) is 2.90. The Morgan fingerprint density at radius 2 is 1.96 bits per heavy atom. The van der Waals surface area contributed by atoms with Crippen LogP contribution in [0.3, 0.4) is 0 Å². The van der Waals surface area contributed by atoms with Crippen molar-refractivity contribution in [3.05, 3.63) is 35.9 Å². The van der Waals surface area contributed by atoms with Gasteiger partial charge in [0.15, 0.2) is 5.03 Å². The number of carbonyl (C=O) groups is 1. The second-order valence-electron chi connectivity index (χ2n) is 6.57. The minimum atomic E-state index is -3.62. The lowest BCUT2D eigenvalue weighted by molar-refractivity contribution is -0.120. The molecule has 2 aromatic rings. The molecule has 1 fully saturated rings. The number of rotatable bonds is 4. The largest absolute Gasteiger partial charge is 0.337 e. The van der Waals surface area contributed by atoms with E-state index in [1.54, 1.807) is 24.7 Å². The monoisotopic (exact) mass is 377 g/mol. The summed E-state index contributed by atoms with van der Waals surface area (Å²) in [6, 6.07) is 3.69. The number of pyridine rings is 1. The lowest BCUT2D eigenvalue weighted by Crippen LogP contribution is -2.41. The van der Waals surface area contributed by atoms with Gasteiger partial charge in [-0.15, -0.1) is 0 Å². The normalized spacial score (nSPS) is 16.6. The number of hydrogen-bond donors (Lipinski definition) is 1. The number of aromatic nitrogens is 3. The summed E-state index contributed by atoms with van der Waals surface area (Å²) >= 11 is 0. The Labute approximate surface area is 153 Å². The summed E-state index contributed by atoms with van der Waals surface area (Å²) in [4.78, 5) is 20.8. The van der Waals surface area contributed by atoms with E-state index in [1.807, 2.05) is 19.1 Å². The number of nitrogens with zero attached hydrogens (tertiary/aromatic N) is 4. The Balaban J connectivity index is 1.63. The van der Waals surface area contributed by atoms with Gasteiger partial charge in [0.2, 0.25) is 5.91 Å². The molecule has 26 heavy (non-hydrogen) atoms. The highest BCUT2D eigenvalue weighted by Gasteiger charge is 2.33. The molecular formula is C17H23N5O3S. The highest BCUT2D eigenvalue weighted by molar-refractivity contribution is 7.89. The van der Waals surface area contributed by atoms with Crippen LogP contribution in [0, 0.1) is 19.8 Å². The molecule has 0 atom stereocenters. The molecule has 1 aliphatic rings. The highest BCUT2D eigenvalue weighted by Crippen LogP contribution is 2.24. The van der Waals surface area contributed by atoms with E-state index in [9.17, 15) is 13.2 Å². The van der Waals surface area contributed by atoms with E-state index in [0.717, 1.165) is 5.56 Å². The summed E-state index contributed by atoms with van der Waals surface area (Å²) in [5.41, 5.74) is 0.895. The van der Waals surface area contributed by atoms with Crippen LogP contribution in [0.4, 0.5) is 5.82 Å². The van der Waals surface area contributed by atoms with E-state index in [2.05, 4.69) is 15.3 Å². The SMILES string of the molecule is Cc1cccnc1NC(=O)C1CCN(S(=O)(=O)c2cn(C)c(C)n2)CC1. The van der Waals surface area contributed by atoms with Gasteiger partial charge in [-0.3, -0.25) is 4.79 Å². The van der Waals surface area contributed by atoms with Gasteiger partial charge in [0.25, 0.3) is 10.0 Å². The third-order valence-corrected chi connectivity index (χ3v) is 6.54. The fraction of sp³-hybridized carbons (Fsp3) is 0.471. The number of hydrogen-bond acceptors (Lipinski definition) is 5. The first-order chi connectivity index (χ1) is 12.3. The van der Waals surface area contributed by atoms with Crippen LogP contribution < -0.4 is 5.32 Å². The average molecular weight is 377 g/mol. The maximum absolute atomic E-state index is 12.7. The van der Waals surface area contributed by atoms with Gasteiger partial charge in [0.05, 0.1) is 0 Å². The Kier molecular flexibility index (Phi) is 5.10. The fourth-order valence-electron chi connectivity index (χ4n) is 2.98. The van der Waals surface area contributed by atoms with Crippen LogP contribution in [0.15, 0.2) is 29.6 Å². The maximum atomic E-state index is 12.7. The molecule has 2 aromatic heterocycles. The summed E-state index contributed by atoms with van der Waals surface area (Å²) < 4.78 is 28.5. The Morgan fingerprint density at radius 1 is 1.27 bits per heavy atom. The highest BCUT2D eigenvalue weighted by atomic mass is 32.2. The fourth-order valence-corrected chi connectivity index (χ4v) is 4.47. The molecule has 0 aliphatic carbocycles. The smallest absolute Gasteiger partial charge is 0.262 e. The van der Waals surface area contributed by atoms with Crippen molar-refractivity contribution >= 4 is 21.7 Å². The molecular weight excluding hydrogens is 354 g/mol. The van der Waals surface area contributed by atoms with E-state index in [0.29, 0.717) is 37.6 Å². The number of nitrogens with one attached hydrogen (secondary N) is 1. The molecule has 9 heteroatoms. The lowest BCUT2D eigenvalue weighted by Gasteiger charge is -2.29. The number of sulfonamides is 1. The Morgan fingerprint density at radius 3 is 2.54 bits per heavy atom. The van der Waals surface area contributed by atoms with Crippen molar-refractivity contribution in [2.45, 2.75) is 31.7 Å². The van der Waals surface area contributed by atoms with Gasteiger partial charge in [-0.2, -0.15) is 4.31 Å². The molecule has 1 amide bonds. The zero-order valence-electron chi connectivity index (χ0n) is 15.1. The number of aryl methyl sites for hydroxylation is 3. The topological polar surface area (TPSA) is 97.2 Å². The third kappa shape index (κ3) is 3.63. The van der Waals surface area contributed by atoms with Crippen molar-refractivity contribution in [3.63, 3.8) is 0 Å². The molecule has 1 saturated heterocycles. The van der Waals surface area contributed by atoms with Crippen molar-refractivity contribution < 1.29 is 13.2 Å². The first-order valence-corrected chi connectivity index (χ1v) is 9.95. The number of amides is 1. The molecule has 0 spiro atoms. The summed E-state index contributed by atoms with van der Waals surface area (Å²) in [6.45, 7) is 4.25. The van der Waals surface area contributed by atoms with Crippen molar-refractivity contribution in [3.8, 4) is 0 Å². The molecule has 1 N–H and O–H groups in total. The zero-order valence-corrected chi connectivity index (χ0v) is 16.0.